The Balaban J connectivity index is 1.74. The molecule has 0 spiro atoms. The van der Waals surface area contributed by atoms with E-state index in [1.807, 2.05) is 24.3 Å². The van der Waals surface area contributed by atoms with Crippen LogP contribution < -0.4 is 0 Å². The number of carbonyl (C=O) groups excluding carboxylic acids is 1. The molecule has 1 aliphatic heterocycles. The van der Waals surface area contributed by atoms with Crippen LogP contribution in [0.15, 0.2) is 71.3 Å². The maximum absolute atomic E-state index is 12.2. The van der Waals surface area contributed by atoms with Gasteiger partial charge in [-0.2, -0.15) is 5.10 Å². The number of hydrogen-bond acceptors (Lipinski definition) is 2. The average molecular weight is 330 g/mol. The van der Waals surface area contributed by atoms with E-state index in [-0.39, 0.29) is 17.9 Å². The lowest BCUT2D eigenvalue weighted by Crippen LogP contribution is -2.30. The van der Waals surface area contributed by atoms with Crippen LogP contribution >= 0.6 is 0 Å². The summed E-state index contributed by atoms with van der Waals surface area (Å²) in [6, 6.07) is 20.7. The summed E-state index contributed by atoms with van der Waals surface area (Å²) in [5, 5.41) is 6.47. The Bertz CT molecular complexity index is 824. The highest BCUT2D eigenvalue weighted by Gasteiger charge is 2.42. The first-order valence-electron chi connectivity index (χ1n) is 8.93. The highest BCUT2D eigenvalue weighted by Crippen LogP contribution is 2.44. The molecule has 0 aromatic heterocycles. The van der Waals surface area contributed by atoms with E-state index in [0.717, 1.165) is 25.0 Å². The summed E-state index contributed by atoms with van der Waals surface area (Å²) in [5.41, 5.74) is 4.73. The molecule has 2 atom stereocenters. The largest absolute Gasteiger partial charge is 0.273 e. The molecule has 1 amide bonds. The quantitative estimate of drug-likeness (QED) is 0.776. The standard InChI is InChI=1S/C22H22N2O/c1-16(25)24-22(18-11-6-3-7-12-18)20-14-8-13-19(21(20)23-24)15-17-9-4-2-5-10-17/h2-7,9-12,15,20,22H,8,13-14H2,1H3/t20-,22+/m0/s1. The lowest BCUT2D eigenvalue weighted by Gasteiger charge is -2.29. The van der Waals surface area contributed by atoms with Gasteiger partial charge in [0.15, 0.2) is 0 Å². The first kappa shape index (κ1) is 15.8. The Morgan fingerprint density at radius 2 is 1.76 bits per heavy atom. The molecule has 4 rings (SSSR count). The number of hydrazone groups is 1. The Kier molecular flexibility index (Phi) is 4.22. The number of rotatable bonds is 2. The van der Waals surface area contributed by atoms with Gasteiger partial charge in [-0.3, -0.25) is 4.79 Å². The van der Waals surface area contributed by atoms with Gasteiger partial charge < -0.3 is 0 Å². The van der Waals surface area contributed by atoms with E-state index in [9.17, 15) is 4.79 Å². The van der Waals surface area contributed by atoms with E-state index < -0.39 is 0 Å². The third-order valence-corrected chi connectivity index (χ3v) is 5.11. The second-order valence-corrected chi connectivity index (χ2v) is 6.78. The Labute approximate surface area is 148 Å². The minimum Gasteiger partial charge on any atom is -0.273 e. The summed E-state index contributed by atoms with van der Waals surface area (Å²) < 4.78 is 0. The van der Waals surface area contributed by atoms with Crippen LogP contribution in [0.4, 0.5) is 0 Å². The van der Waals surface area contributed by atoms with E-state index in [1.165, 1.54) is 16.7 Å². The van der Waals surface area contributed by atoms with E-state index in [2.05, 4.69) is 42.5 Å². The molecule has 1 heterocycles. The van der Waals surface area contributed by atoms with Crippen LogP contribution in [0.3, 0.4) is 0 Å². The molecule has 0 N–H and O–H groups in total. The van der Waals surface area contributed by atoms with Crippen molar-refractivity contribution in [3.8, 4) is 0 Å². The summed E-state index contributed by atoms with van der Waals surface area (Å²) in [6.45, 7) is 1.61. The number of benzene rings is 2. The van der Waals surface area contributed by atoms with Crippen molar-refractivity contribution >= 4 is 17.7 Å². The molecule has 0 saturated heterocycles. The second kappa shape index (κ2) is 6.67. The molecule has 1 aliphatic carbocycles. The van der Waals surface area contributed by atoms with Crippen LogP contribution in [0.2, 0.25) is 0 Å². The molecule has 25 heavy (non-hydrogen) atoms. The predicted octanol–water partition coefficient (Wildman–Crippen LogP) is 4.83. The van der Waals surface area contributed by atoms with Gasteiger partial charge in [0.05, 0.1) is 11.8 Å². The SMILES string of the molecule is CC(=O)N1N=C2C(=Cc3ccccc3)CCC[C@@H]2[C@H]1c1ccccc1. The molecule has 0 unspecified atom stereocenters. The van der Waals surface area contributed by atoms with Gasteiger partial charge in [0, 0.05) is 12.8 Å². The van der Waals surface area contributed by atoms with Gasteiger partial charge in [-0.05, 0) is 42.0 Å². The summed E-state index contributed by atoms with van der Waals surface area (Å²) in [7, 11) is 0. The zero-order valence-corrected chi connectivity index (χ0v) is 14.4. The molecule has 1 saturated carbocycles. The number of nitrogens with zero attached hydrogens (tertiary/aromatic N) is 2. The van der Waals surface area contributed by atoms with Crippen LogP contribution in [-0.2, 0) is 4.79 Å². The monoisotopic (exact) mass is 330 g/mol. The summed E-state index contributed by atoms with van der Waals surface area (Å²) in [4.78, 5) is 12.2. The van der Waals surface area contributed by atoms with Gasteiger partial charge >= 0.3 is 0 Å². The Hall–Kier alpha value is -2.68. The summed E-state index contributed by atoms with van der Waals surface area (Å²) in [5.74, 6) is 0.296. The van der Waals surface area contributed by atoms with E-state index in [0.29, 0.717) is 0 Å². The van der Waals surface area contributed by atoms with Crippen molar-refractivity contribution in [3.05, 3.63) is 77.4 Å². The smallest absolute Gasteiger partial charge is 0.240 e. The zero-order valence-electron chi connectivity index (χ0n) is 14.4. The van der Waals surface area contributed by atoms with Gasteiger partial charge in [-0.25, -0.2) is 5.01 Å². The van der Waals surface area contributed by atoms with Gasteiger partial charge in [0.1, 0.15) is 0 Å². The van der Waals surface area contributed by atoms with Crippen molar-refractivity contribution in [1.29, 1.82) is 0 Å². The van der Waals surface area contributed by atoms with Gasteiger partial charge in [0.25, 0.3) is 0 Å². The lowest BCUT2D eigenvalue weighted by atomic mass is 9.77. The van der Waals surface area contributed by atoms with Crippen LogP contribution in [0.1, 0.15) is 43.4 Å². The zero-order chi connectivity index (χ0) is 17.2. The number of fused-ring (bicyclic) bond motifs is 1. The van der Waals surface area contributed by atoms with Crippen LogP contribution in [0, 0.1) is 5.92 Å². The third kappa shape index (κ3) is 3.02. The fourth-order valence-corrected chi connectivity index (χ4v) is 4.00. The summed E-state index contributed by atoms with van der Waals surface area (Å²) >= 11 is 0. The van der Waals surface area contributed by atoms with Crippen molar-refractivity contribution < 1.29 is 4.79 Å². The van der Waals surface area contributed by atoms with Crippen molar-refractivity contribution in [1.82, 2.24) is 5.01 Å². The highest BCUT2D eigenvalue weighted by atomic mass is 16.2. The first-order chi connectivity index (χ1) is 12.2. The molecule has 2 aromatic carbocycles. The molecule has 2 aromatic rings. The van der Waals surface area contributed by atoms with Crippen LogP contribution in [-0.4, -0.2) is 16.6 Å². The first-order valence-corrected chi connectivity index (χ1v) is 8.93. The number of hydrogen-bond donors (Lipinski definition) is 0. The van der Waals surface area contributed by atoms with E-state index >= 15 is 0 Å². The molecule has 126 valence electrons. The maximum atomic E-state index is 12.2. The molecule has 3 heteroatoms. The average Bonchev–Trinajstić information content (AvgIpc) is 3.04. The summed E-state index contributed by atoms with van der Waals surface area (Å²) in [6.07, 6.45) is 5.47. The molecule has 1 fully saturated rings. The molecular weight excluding hydrogens is 308 g/mol. The molecule has 0 radical (unpaired) electrons. The second-order valence-electron chi connectivity index (χ2n) is 6.78. The predicted molar refractivity (Wildman–Crippen MR) is 101 cm³/mol. The minimum atomic E-state index is 0.00909. The lowest BCUT2D eigenvalue weighted by molar-refractivity contribution is -0.131. The van der Waals surface area contributed by atoms with Crippen molar-refractivity contribution in [3.63, 3.8) is 0 Å². The molecule has 3 nitrogen and oxygen atoms in total. The van der Waals surface area contributed by atoms with Crippen molar-refractivity contribution in [2.75, 3.05) is 0 Å². The van der Waals surface area contributed by atoms with E-state index in [1.54, 1.807) is 11.9 Å². The molecule has 0 bridgehead atoms. The Morgan fingerprint density at radius 3 is 2.44 bits per heavy atom. The van der Waals surface area contributed by atoms with Crippen molar-refractivity contribution in [2.24, 2.45) is 11.0 Å². The minimum absolute atomic E-state index is 0.00909. The van der Waals surface area contributed by atoms with Crippen molar-refractivity contribution in [2.45, 2.75) is 32.2 Å². The topological polar surface area (TPSA) is 32.7 Å². The van der Waals surface area contributed by atoms with Gasteiger partial charge in [-0.15, -0.1) is 0 Å². The number of allylic oxidation sites excluding steroid dienone is 1. The Morgan fingerprint density at radius 1 is 1.08 bits per heavy atom. The van der Waals surface area contributed by atoms with Gasteiger partial charge in [0.2, 0.25) is 5.91 Å². The number of carbonyl (C=O) groups is 1. The molecule has 2 aliphatic rings. The van der Waals surface area contributed by atoms with E-state index in [4.69, 9.17) is 5.10 Å². The normalized spacial score (nSPS) is 24.1. The fourth-order valence-electron chi connectivity index (χ4n) is 4.00. The van der Waals surface area contributed by atoms with Gasteiger partial charge in [-0.1, -0.05) is 60.7 Å². The van der Waals surface area contributed by atoms with Crippen LogP contribution in [0.5, 0.6) is 0 Å². The maximum Gasteiger partial charge on any atom is 0.240 e. The third-order valence-electron chi connectivity index (χ3n) is 5.11. The molecular formula is C22H22N2O. The number of amides is 1. The highest BCUT2D eigenvalue weighted by molar-refractivity contribution is 6.08. The fraction of sp³-hybridized carbons (Fsp3) is 0.273. The van der Waals surface area contributed by atoms with Crippen LogP contribution in [0.25, 0.3) is 6.08 Å².